The molecule has 0 aliphatic rings. The second-order valence-electron chi connectivity index (χ2n) is 2.58. The Labute approximate surface area is 63.7 Å². The Morgan fingerprint density at radius 1 is 1.45 bits per heavy atom. The Morgan fingerprint density at radius 2 is 2.09 bits per heavy atom. The topological polar surface area (TPSA) is 84.7 Å². The molecule has 0 saturated carbocycles. The number of nitrogen functional groups attached to an aromatic ring is 1. The average molecular weight is 154 g/mol. The van der Waals surface area contributed by atoms with E-state index in [2.05, 4.69) is 15.2 Å². The van der Waals surface area contributed by atoms with Crippen LogP contribution in [0.15, 0.2) is 4.79 Å². The van der Waals surface area contributed by atoms with E-state index in [1.807, 2.05) is 13.8 Å². The Balaban J connectivity index is 3.21. The van der Waals surface area contributed by atoms with Gasteiger partial charge in [-0.15, -0.1) is 10.2 Å². The number of rotatable bonds is 1. The van der Waals surface area contributed by atoms with Crippen molar-refractivity contribution in [1.29, 1.82) is 0 Å². The predicted octanol–water partition coefficient (Wildman–Crippen LogP) is -0.129. The molecule has 0 aliphatic heterocycles. The largest absolute Gasteiger partial charge is 0.368 e. The molecule has 0 saturated heterocycles. The van der Waals surface area contributed by atoms with Crippen molar-refractivity contribution in [3.8, 4) is 0 Å². The molecule has 0 atom stereocenters. The number of aromatic nitrogens is 3. The number of hydrogen-bond acceptors (Lipinski definition) is 4. The summed E-state index contributed by atoms with van der Waals surface area (Å²) < 4.78 is 0. The molecular weight excluding hydrogens is 144 g/mol. The zero-order chi connectivity index (χ0) is 8.43. The molecule has 1 aromatic heterocycles. The van der Waals surface area contributed by atoms with Crippen molar-refractivity contribution >= 4 is 5.95 Å². The maximum absolute atomic E-state index is 11.0. The van der Waals surface area contributed by atoms with E-state index < -0.39 is 0 Å². The van der Waals surface area contributed by atoms with Crippen LogP contribution in [0.3, 0.4) is 0 Å². The minimum absolute atomic E-state index is 0.0550. The molecule has 0 amide bonds. The van der Waals surface area contributed by atoms with Crippen LogP contribution in [0.5, 0.6) is 0 Å². The third-order valence-corrected chi connectivity index (χ3v) is 1.29. The first kappa shape index (κ1) is 7.71. The van der Waals surface area contributed by atoms with Crippen molar-refractivity contribution in [3.05, 3.63) is 16.0 Å². The van der Waals surface area contributed by atoms with Crippen LogP contribution in [0.25, 0.3) is 0 Å². The van der Waals surface area contributed by atoms with Crippen LogP contribution in [-0.2, 0) is 0 Å². The first-order valence-corrected chi connectivity index (χ1v) is 3.33. The van der Waals surface area contributed by atoms with E-state index in [4.69, 9.17) is 5.73 Å². The first-order chi connectivity index (χ1) is 5.11. The Morgan fingerprint density at radius 3 is 2.55 bits per heavy atom. The second kappa shape index (κ2) is 2.69. The normalized spacial score (nSPS) is 10.5. The Kier molecular flexibility index (Phi) is 1.89. The van der Waals surface area contributed by atoms with Crippen molar-refractivity contribution in [2.45, 2.75) is 19.8 Å². The van der Waals surface area contributed by atoms with E-state index in [0.29, 0.717) is 5.69 Å². The van der Waals surface area contributed by atoms with E-state index in [9.17, 15) is 4.79 Å². The summed E-state index contributed by atoms with van der Waals surface area (Å²) in [5.74, 6) is 0.131. The van der Waals surface area contributed by atoms with Gasteiger partial charge in [-0.05, 0) is 0 Å². The lowest BCUT2D eigenvalue weighted by Crippen LogP contribution is -2.19. The van der Waals surface area contributed by atoms with Gasteiger partial charge in [-0.2, -0.15) is 0 Å². The summed E-state index contributed by atoms with van der Waals surface area (Å²) in [6.07, 6.45) is 0. The van der Waals surface area contributed by atoms with E-state index >= 15 is 0 Å². The predicted molar refractivity (Wildman–Crippen MR) is 41.2 cm³/mol. The highest BCUT2D eigenvalue weighted by atomic mass is 16.1. The fraction of sp³-hybridized carbons (Fsp3) is 0.500. The van der Waals surface area contributed by atoms with E-state index in [1.54, 1.807) is 0 Å². The maximum atomic E-state index is 11.0. The van der Waals surface area contributed by atoms with Gasteiger partial charge in [0.15, 0.2) is 0 Å². The lowest BCUT2D eigenvalue weighted by Gasteiger charge is -1.99. The summed E-state index contributed by atoms with van der Waals surface area (Å²) >= 11 is 0. The fourth-order valence-electron chi connectivity index (χ4n) is 0.736. The number of hydrogen-bond donors (Lipinski definition) is 2. The van der Waals surface area contributed by atoms with Crippen LogP contribution in [0.4, 0.5) is 5.95 Å². The molecule has 0 aromatic carbocycles. The fourth-order valence-corrected chi connectivity index (χ4v) is 0.736. The molecule has 5 heteroatoms. The molecule has 11 heavy (non-hydrogen) atoms. The summed E-state index contributed by atoms with van der Waals surface area (Å²) in [4.78, 5) is 13.4. The van der Waals surface area contributed by atoms with Gasteiger partial charge in [0.2, 0.25) is 5.95 Å². The summed E-state index contributed by atoms with van der Waals surface area (Å²) in [5, 5.41) is 7.19. The molecule has 1 rings (SSSR count). The van der Waals surface area contributed by atoms with Gasteiger partial charge in [-0.1, -0.05) is 13.8 Å². The summed E-state index contributed by atoms with van der Waals surface area (Å²) in [6, 6.07) is 0. The van der Waals surface area contributed by atoms with Crippen LogP contribution in [0, 0.1) is 0 Å². The lowest BCUT2D eigenvalue weighted by molar-refractivity contribution is 0.755. The standard InChI is InChI=1S/C6H10N4O/c1-3(2)4-5(11)8-6(7)10-9-4/h3H,1-2H3,(H3,7,8,10,11). The smallest absolute Gasteiger partial charge is 0.274 e. The number of nitrogens with two attached hydrogens (primary N) is 1. The zero-order valence-corrected chi connectivity index (χ0v) is 6.46. The van der Waals surface area contributed by atoms with Gasteiger partial charge in [-0.3, -0.25) is 9.78 Å². The Bertz CT molecular complexity index is 304. The quantitative estimate of drug-likeness (QED) is 0.590. The Hall–Kier alpha value is -1.39. The maximum Gasteiger partial charge on any atom is 0.274 e. The zero-order valence-electron chi connectivity index (χ0n) is 6.46. The van der Waals surface area contributed by atoms with Crippen molar-refractivity contribution < 1.29 is 0 Å². The molecule has 0 radical (unpaired) electrons. The van der Waals surface area contributed by atoms with Gasteiger partial charge in [-0.25, -0.2) is 0 Å². The van der Waals surface area contributed by atoms with Crippen LogP contribution in [-0.4, -0.2) is 15.2 Å². The van der Waals surface area contributed by atoms with Crippen molar-refractivity contribution in [3.63, 3.8) is 0 Å². The van der Waals surface area contributed by atoms with Crippen molar-refractivity contribution in [1.82, 2.24) is 15.2 Å². The third kappa shape index (κ3) is 1.54. The van der Waals surface area contributed by atoms with Gasteiger partial charge in [0.05, 0.1) is 0 Å². The number of aromatic amines is 1. The van der Waals surface area contributed by atoms with Crippen LogP contribution >= 0.6 is 0 Å². The molecule has 0 bridgehead atoms. The molecule has 1 aromatic rings. The summed E-state index contributed by atoms with van der Waals surface area (Å²) in [7, 11) is 0. The van der Waals surface area contributed by atoms with Gasteiger partial charge >= 0.3 is 0 Å². The number of anilines is 1. The van der Waals surface area contributed by atoms with Gasteiger partial charge < -0.3 is 5.73 Å². The highest BCUT2D eigenvalue weighted by molar-refractivity contribution is 5.12. The molecule has 3 N–H and O–H groups in total. The lowest BCUT2D eigenvalue weighted by atomic mass is 10.1. The van der Waals surface area contributed by atoms with E-state index in [0.717, 1.165) is 0 Å². The van der Waals surface area contributed by atoms with Gasteiger partial charge in [0.1, 0.15) is 5.69 Å². The number of nitrogens with one attached hydrogen (secondary N) is 1. The van der Waals surface area contributed by atoms with Crippen LogP contribution < -0.4 is 11.3 Å². The third-order valence-electron chi connectivity index (χ3n) is 1.29. The highest BCUT2D eigenvalue weighted by Gasteiger charge is 2.06. The van der Waals surface area contributed by atoms with Crippen molar-refractivity contribution in [2.24, 2.45) is 0 Å². The van der Waals surface area contributed by atoms with Gasteiger partial charge in [0.25, 0.3) is 5.56 Å². The number of H-pyrrole nitrogens is 1. The van der Waals surface area contributed by atoms with E-state index in [1.165, 1.54) is 0 Å². The minimum atomic E-state index is -0.257. The minimum Gasteiger partial charge on any atom is -0.368 e. The molecule has 0 aliphatic carbocycles. The first-order valence-electron chi connectivity index (χ1n) is 3.33. The average Bonchev–Trinajstić information content (AvgIpc) is 1.85. The van der Waals surface area contributed by atoms with Crippen LogP contribution in [0.1, 0.15) is 25.5 Å². The molecule has 60 valence electrons. The molecule has 0 spiro atoms. The SMILES string of the molecule is CC(C)c1nnc(N)[nH]c1=O. The van der Waals surface area contributed by atoms with Gasteiger partial charge in [0, 0.05) is 5.92 Å². The van der Waals surface area contributed by atoms with Crippen LogP contribution in [0.2, 0.25) is 0 Å². The summed E-state index contributed by atoms with van der Waals surface area (Å²) in [6.45, 7) is 3.74. The second-order valence-corrected chi connectivity index (χ2v) is 2.58. The monoisotopic (exact) mass is 154 g/mol. The number of nitrogens with zero attached hydrogens (tertiary/aromatic N) is 2. The van der Waals surface area contributed by atoms with Crippen molar-refractivity contribution in [2.75, 3.05) is 5.73 Å². The molecule has 5 nitrogen and oxygen atoms in total. The highest BCUT2D eigenvalue weighted by Crippen LogP contribution is 2.03. The molecule has 0 fully saturated rings. The summed E-state index contributed by atoms with van der Waals surface area (Å²) in [5.41, 5.74) is 5.36. The molecule has 0 unspecified atom stereocenters. The molecule has 1 heterocycles. The molecular formula is C6H10N4O. The van der Waals surface area contributed by atoms with E-state index in [-0.39, 0.29) is 17.4 Å².